The van der Waals surface area contributed by atoms with E-state index in [1.807, 2.05) is 37.3 Å². The van der Waals surface area contributed by atoms with Gasteiger partial charge in [-0.1, -0.05) is 60.7 Å². The van der Waals surface area contributed by atoms with Crippen LogP contribution in [0.2, 0.25) is 0 Å². The molecule has 1 heteroatoms. The molecule has 1 aromatic rings. The highest BCUT2D eigenvalue weighted by Gasteiger charge is 1.95. The fraction of sp³-hybridized carbons (Fsp3) is 0.188. The zero-order valence-electron chi connectivity index (χ0n) is 10.3. The molecule has 0 aromatic heterocycles. The van der Waals surface area contributed by atoms with Crippen molar-refractivity contribution in [2.45, 2.75) is 19.8 Å². The minimum atomic E-state index is 0.963. The average molecular weight is 225 g/mol. The SMILES string of the molecule is C=N/C(=C\CC/C=C\C=C\C)c1ccccc1. The van der Waals surface area contributed by atoms with Crippen molar-refractivity contribution in [1.82, 2.24) is 0 Å². The molecule has 0 radical (unpaired) electrons. The van der Waals surface area contributed by atoms with Gasteiger partial charge in [0.15, 0.2) is 0 Å². The average Bonchev–Trinajstić information content (AvgIpc) is 2.39. The summed E-state index contributed by atoms with van der Waals surface area (Å²) >= 11 is 0. The van der Waals surface area contributed by atoms with Crippen LogP contribution in [-0.2, 0) is 0 Å². The van der Waals surface area contributed by atoms with Crippen LogP contribution in [-0.4, -0.2) is 6.72 Å². The molecule has 0 heterocycles. The van der Waals surface area contributed by atoms with Crippen LogP contribution < -0.4 is 0 Å². The molecule has 1 rings (SSSR count). The summed E-state index contributed by atoms with van der Waals surface area (Å²) in [5.74, 6) is 0. The molecule has 0 aliphatic heterocycles. The second-order valence-electron chi connectivity index (χ2n) is 3.64. The maximum atomic E-state index is 4.07. The van der Waals surface area contributed by atoms with E-state index in [4.69, 9.17) is 0 Å². The third-order valence-electron chi connectivity index (χ3n) is 2.35. The lowest BCUT2D eigenvalue weighted by Crippen LogP contribution is -1.80. The minimum Gasteiger partial charge on any atom is -0.264 e. The van der Waals surface area contributed by atoms with E-state index in [0.29, 0.717) is 0 Å². The molecule has 0 saturated heterocycles. The molecular weight excluding hydrogens is 206 g/mol. The number of nitrogens with zero attached hydrogens (tertiary/aromatic N) is 1. The number of benzene rings is 1. The Morgan fingerprint density at radius 2 is 1.94 bits per heavy atom. The molecule has 0 aliphatic rings. The van der Waals surface area contributed by atoms with Crippen LogP contribution in [0.5, 0.6) is 0 Å². The normalized spacial score (nSPS) is 12.4. The molecule has 0 N–H and O–H groups in total. The van der Waals surface area contributed by atoms with E-state index >= 15 is 0 Å². The quantitative estimate of drug-likeness (QED) is 0.380. The zero-order valence-corrected chi connectivity index (χ0v) is 10.3. The van der Waals surface area contributed by atoms with Gasteiger partial charge in [-0.15, -0.1) is 0 Å². The fourth-order valence-corrected chi connectivity index (χ4v) is 1.48. The second kappa shape index (κ2) is 8.28. The first-order chi connectivity index (χ1) is 8.38. The molecule has 1 nitrogen and oxygen atoms in total. The minimum absolute atomic E-state index is 0.963. The Balaban J connectivity index is 2.54. The Labute approximate surface area is 104 Å². The highest BCUT2D eigenvalue weighted by atomic mass is 14.7. The van der Waals surface area contributed by atoms with Crippen molar-refractivity contribution in [2.24, 2.45) is 4.99 Å². The standard InChI is InChI=1S/C16H19N/c1-3-4-5-6-7-11-14-16(17-2)15-12-9-8-10-13-15/h3-6,8-10,12-14H,2,7,11H2,1H3/b4-3+,6-5-,16-14-. The summed E-state index contributed by atoms with van der Waals surface area (Å²) in [5, 5.41) is 0. The van der Waals surface area contributed by atoms with Crippen LogP contribution in [0, 0.1) is 0 Å². The number of hydrogen-bond acceptors (Lipinski definition) is 1. The summed E-state index contributed by atoms with van der Waals surface area (Å²) in [6.45, 7) is 5.63. The second-order valence-corrected chi connectivity index (χ2v) is 3.64. The van der Waals surface area contributed by atoms with E-state index in [-0.39, 0.29) is 0 Å². The lowest BCUT2D eigenvalue weighted by atomic mass is 10.1. The van der Waals surface area contributed by atoms with E-state index in [1.54, 1.807) is 0 Å². The van der Waals surface area contributed by atoms with Gasteiger partial charge in [0, 0.05) is 0 Å². The Kier molecular flexibility index (Phi) is 6.42. The first-order valence-corrected chi connectivity index (χ1v) is 5.88. The van der Waals surface area contributed by atoms with Crippen LogP contribution in [0.15, 0.2) is 65.7 Å². The van der Waals surface area contributed by atoms with E-state index in [1.165, 1.54) is 0 Å². The molecule has 0 amide bonds. The highest BCUT2D eigenvalue weighted by molar-refractivity contribution is 5.67. The zero-order chi connectivity index (χ0) is 12.3. The van der Waals surface area contributed by atoms with Crippen molar-refractivity contribution in [3.8, 4) is 0 Å². The van der Waals surface area contributed by atoms with E-state index in [0.717, 1.165) is 24.1 Å². The maximum Gasteiger partial charge on any atom is 0.0654 e. The van der Waals surface area contributed by atoms with Gasteiger partial charge >= 0.3 is 0 Å². The van der Waals surface area contributed by atoms with Gasteiger partial charge in [-0.25, -0.2) is 0 Å². The lowest BCUT2D eigenvalue weighted by Gasteiger charge is -2.00. The molecule has 0 fully saturated rings. The molecule has 0 unspecified atom stereocenters. The van der Waals surface area contributed by atoms with Gasteiger partial charge in [-0.05, 0) is 32.0 Å². The largest absolute Gasteiger partial charge is 0.264 e. The molecule has 1 aromatic carbocycles. The summed E-state index contributed by atoms with van der Waals surface area (Å²) in [7, 11) is 0. The van der Waals surface area contributed by atoms with Crippen molar-refractivity contribution in [3.05, 3.63) is 66.3 Å². The van der Waals surface area contributed by atoms with Crippen molar-refractivity contribution in [2.75, 3.05) is 0 Å². The Morgan fingerprint density at radius 3 is 2.59 bits per heavy atom. The molecule has 0 spiro atoms. The van der Waals surface area contributed by atoms with Crippen LogP contribution >= 0.6 is 0 Å². The number of unbranched alkanes of at least 4 members (excludes halogenated alkanes) is 1. The van der Waals surface area contributed by atoms with Gasteiger partial charge in [-0.2, -0.15) is 0 Å². The van der Waals surface area contributed by atoms with Gasteiger partial charge in [0.05, 0.1) is 5.70 Å². The first-order valence-electron chi connectivity index (χ1n) is 5.88. The monoisotopic (exact) mass is 225 g/mol. The molecule has 17 heavy (non-hydrogen) atoms. The van der Waals surface area contributed by atoms with Crippen LogP contribution in [0.4, 0.5) is 0 Å². The fourth-order valence-electron chi connectivity index (χ4n) is 1.48. The van der Waals surface area contributed by atoms with E-state index < -0.39 is 0 Å². The van der Waals surface area contributed by atoms with Crippen molar-refractivity contribution < 1.29 is 0 Å². The summed E-state index contributed by atoms with van der Waals surface area (Å²) in [4.78, 5) is 4.07. The van der Waals surface area contributed by atoms with Crippen molar-refractivity contribution in [3.63, 3.8) is 0 Å². The Bertz CT molecular complexity index is 410. The van der Waals surface area contributed by atoms with Crippen LogP contribution in [0.25, 0.3) is 5.70 Å². The molecule has 88 valence electrons. The molecule has 0 atom stereocenters. The van der Waals surface area contributed by atoms with Gasteiger partial charge in [0.2, 0.25) is 0 Å². The van der Waals surface area contributed by atoms with Gasteiger partial charge in [-0.3, -0.25) is 4.99 Å². The number of hydrogen-bond donors (Lipinski definition) is 0. The predicted octanol–water partition coefficient (Wildman–Crippen LogP) is 4.64. The molecule has 0 aliphatic carbocycles. The molecule has 0 saturated carbocycles. The van der Waals surface area contributed by atoms with Gasteiger partial charge in [0.1, 0.15) is 0 Å². The third-order valence-corrected chi connectivity index (χ3v) is 2.35. The number of rotatable bonds is 6. The van der Waals surface area contributed by atoms with Crippen LogP contribution in [0.1, 0.15) is 25.3 Å². The van der Waals surface area contributed by atoms with Crippen molar-refractivity contribution in [1.29, 1.82) is 0 Å². The first kappa shape index (κ1) is 13.2. The van der Waals surface area contributed by atoms with E-state index in [2.05, 4.69) is 42.1 Å². The maximum absolute atomic E-state index is 4.07. The van der Waals surface area contributed by atoms with E-state index in [9.17, 15) is 0 Å². The summed E-state index contributed by atoms with van der Waals surface area (Å²) < 4.78 is 0. The smallest absolute Gasteiger partial charge is 0.0654 e. The third kappa shape index (κ3) is 5.12. The molecule has 0 bridgehead atoms. The predicted molar refractivity (Wildman–Crippen MR) is 77.2 cm³/mol. The van der Waals surface area contributed by atoms with Gasteiger partial charge < -0.3 is 0 Å². The van der Waals surface area contributed by atoms with Crippen molar-refractivity contribution >= 4 is 12.4 Å². The van der Waals surface area contributed by atoms with Crippen LogP contribution in [0.3, 0.4) is 0 Å². The summed E-state index contributed by atoms with van der Waals surface area (Å²) in [5.41, 5.74) is 2.09. The summed E-state index contributed by atoms with van der Waals surface area (Å²) in [6, 6.07) is 10.1. The number of allylic oxidation sites excluding steroid dienone is 5. The number of aliphatic imine (C=N–C) groups is 1. The van der Waals surface area contributed by atoms with Gasteiger partial charge in [0.25, 0.3) is 0 Å². The lowest BCUT2D eigenvalue weighted by molar-refractivity contribution is 1.05. The Morgan fingerprint density at radius 1 is 1.18 bits per heavy atom. The molecular formula is C16H19N. The topological polar surface area (TPSA) is 12.4 Å². The Hall–Kier alpha value is -1.89. The summed E-state index contributed by atoms with van der Waals surface area (Å²) in [6.07, 6.45) is 12.4. The highest BCUT2D eigenvalue weighted by Crippen LogP contribution is 2.15.